The molecule has 2 heterocycles. The molecular formula is C28H25FN4O4. The average Bonchev–Trinajstić information content (AvgIpc) is 3.30. The maximum absolute atomic E-state index is 13.2. The van der Waals surface area contributed by atoms with Gasteiger partial charge in [0, 0.05) is 23.7 Å². The first-order chi connectivity index (χ1) is 17.9. The number of primary amides is 1. The quantitative estimate of drug-likeness (QED) is 0.459. The molecule has 2 N–H and O–H groups in total. The highest BCUT2D eigenvalue weighted by Crippen LogP contribution is 2.39. The van der Waals surface area contributed by atoms with Crippen molar-refractivity contribution in [3.05, 3.63) is 89.5 Å². The summed E-state index contributed by atoms with van der Waals surface area (Å²) in [6, 6.07) is 13.6. The lowest BCUT2D eigenvalue weighted by atomic mass is 10.0. The van der Waals surface area contributed by atoms with E-state index >= 15 is 0 Å². The molecule has 1 aromatic heterocycles. The van der Waals surface area contributed by atoms with E-state index in [1.807, 2.05) is 11.0 Å². The van der Waals surface area contributed by atoms with Crippen molar-refractivity contribution in [2.75, 3.05) is 11.5 Å². The molecule has 0 saturated heterocycles. The fraction of sp³-hybridized carbons (Fsp3) is 0.214. The summed E-state index contributed by atoms with van der Waals surface area (Å²) in [5.41, 5.74) is 8.29. The number of hydrogen-bond acceptors (Lipinski definition) is 7. The van der Waals surface area contributed by atoms with Crippen LogP contribution < -0.4 is 15.4 Å². The molecule has 0 spiro atoms. The summed E-state index contributed by atoms with van der Waals surface area (Å²) in [5.74, 6) is 0.281. The van der Waals surface area contributed by atoms with Crippen LogP contribution in [0.2, 0.25) is 0 Å². The third-order valence-electron chi connectivity index (χ3n) is 6.19. The van der Waals surface area contributed by atoms with E-state index in [4.69, 9.17) is 20.2 Å². The Morgan fingerprint density at radius 3 is 2.46 bits per heavy atom. The molecule has 0 bridgehead atoms. The molecule has 1 amide bonds. The Morgan fingerprint density at radius 1 is 1.08 bits per heavy atom. The molecule has 0 unspecified atom stereocenters. The van der Waals surface area contributed by atoms with Crippen molar-refractivity contribution < 1.29 is 23.5 Å². The number of amides is 1. The van der Waals surface area contributed by atoms with Crippen molar-refractivity contribution in [1.82, 2.24) is 9.97 Å². The lowest BCUT2D eigenvalue weighted by Crippen LogP contribution is -2.38. The molecule has 0 fully saturated rings. The number of rotatable bonds is 7. The largest absolute Gasteiger partial charge is 0.464 e. The van der Waals surface area contributed by atoms with Gasteiger partial charge in [-0.25, -0.2) is 19.2 Å². The second-order valence-electron chi connectivity index (χ2n) is 8.65. The molecule has 5 rings (SSSR count). The highest BCUT2D eigenvalue weighted by molar-refractivity contribution is 5.93. The van der Waals surface area contributed by atoms with Gasteiger partial charge in [0.15, 0.2) is 5.82 Å². The smallest absolute Gasteiger partial charge is 0.329 e. The summed E-state index contributed by atoms with van der Waals surface area (Å²) in [6.45, 7) is 2.03. The van der Waals surface area contributed by atoms with Gasteiger partial charge in [0.2, 0.25) is 0 Å². The molecule has 37 heavy (non-hydrogen) atoms. The van der Waals surface area contributed by atoms with Gasteiger partial charge in [0.1, 0.15) is 34.9 Å². The molecular weight excluding hydrogens is 475 g/mol. The minimum Gasteiger partial charge on any atom is -0.464 e. The number of anilines is 1. The van der Waals surface area contributed by atoms with Gasteiger partial charge in [-0.1, -0.05) is 6.08 Å². The Bertz CT molecular complexity index is 1400. The predicted molar refractivity (Wildman–Crippen MR) is 135 cm³/mol. The number of nitrogens with two attached hydrogens (primary N) is 1. The van der Waals surface area contributed by atoms with Crippen LogP contribution in [-0.2, 0) is 9.53 Å². The van der Waals surface area contributed by atoms with Crippen LogP contribution in [0, 0.1) is 5.82 Å². The standard InChI is InChI=1S/C28H25FN4O4/c1-2-36-28(35)24-15-18-5-3-4-6-23(18)33(24)25-16-22(26(30)34)31-27(32-25)17-7-11-20(12-8-17)37-21-13-9-19(29)10-14-21/h4,6-14,16,24H,2-3,5,15H2,1H3,(H2,30,34)/t24-/m0/s1. The molecule has 1 aliphatic heterocycles. The minimum atomic E-state index is -0.707. The van der Waals surface area contributed by atoms with Gasteiger partial charge in [-0.3, -0.25) is 4.79 Å². The zero-order chi connectivity index (χ0) is 25.9. The summed E-state index contributed by atoms with van der Waals surface area (Å²) in [6.07, 6.45) is 6.30. The SMILES string of the molecule is CCOC(=O)[C@@H]1CC2=C(C=CCC2)N1c1cc(C(N)=O)nc(-c2ccc(Oc3ccc(F)cc3)cc2)n1. The summed E-state index contributed by atoms with van der Waals surface area (Å²) < 4.78 is 24.3. The maximum atomic E-state index is 13.2. The van der Waals surface area contributed by atoms with Crippen LogP contribution in [0.1, 0.15) is 36.7 Å². The Balaban J connectivity index is 1.50. The Kier molecular flexibility index (Phi) is 6.68. The molecule has 188 valence electrons. The number of halogens is 1. The van der Waals surface area contributed by atoms with Crippen LogP contribution in [0.3, 0.4) is 0 Å². The van der Waals surface area contributed by atoms with Crippen LogP contribution in [-0.4, -0.2) is 34.5 Å². The highest BCUT2D eigenvalue weighted by atomic mass is 19.1. The molecule has 2 aromatic carbocycles. The number of hydrogen-bond donors (Lipinski definition) is 1. The fourth-order valence-electron chi connectivity index (χ4n) is 4.48. The van der Waals surface area contributed by atoms with Gasteiger partial charge in [-0.05, 0) is 79.9 Å². The molecule has 0 radical (unpaired) electrons. The molecule has 3 aromatic rings. The van der Waals surface area contributed by atoms with E-state index in [1.165, 1.54) is 30.3 Å². The zero-order valence-electron chi connectivity index (χ0n) is 20.2. The van der Waals surface area contributed by atoms with Crippen LogP contribution in [0.25, 0.3) is 11.4 Å². The lowest BCUT2D eigenvalue weighted by molar-refractivity contribution is -0.144. The topological polar surface area (TPSA) is 108 Å². The summed E-state index contributed by atoms with van der Waals surface area (Å²) in [7, 11) is 0. The predicted octanol–water partition coefficient (Wildman–Crippen LogP) is 4.92. The third kappa shape index (κ3) is 5.06. The molecule has 8 nitrogen and oxygen atoms in total. The van der Waals surface area contributed by atoms with E-state index in [0.717, 1.165) is 24.1 Å². The van der Waals surface area contributed by atoms with Crippen molar-refractivity contribution in [3.63, 3.8) is 0 Å². The van der Waals surface area contributed by atoms with Crippen molar-refractivity contribution in [2.45, 2.75) is 32.2 Å². The minimum absolute atomic E-state index is 0.0306. The first kappa shape index (κ1) is 24.2. The van der Waals surface area contributed by atoms with Crippen LogP contribution in [0.5, 0.6) is 11.5 Å². The second kappa shape index (κ2) is 10.2. The Hall–Kier alpha value is -4.53. The van der Waals surface area contributed by atoms with Crippen molar-refractivity contribution in [2.24, 2.45) is 5.73 Å². The van der Waals surface area contributed by atoms with Crippen molar-refractivity contribution in [3.8, 4) is 22.9 Å². The van der Waals surface area contributed by atoms with Gasteiger partial charge in [-0.15, -0.1) is 0 Å². The van der Waals surface area contributed by atoms with E-state index < -0.39 is 11.9 Å². The van der Waals surface area contributed by atoms with Crippen molar-refractivity contribution in [1.29, 1.82) is 0 Å². The highest BCUT2D eigenvalue weighted by Gasteiger charge is 2.39. The zero-order valence-corrected chi connectivity index (χ0v) is 20.2. The van der Waals surface area contributed by atoms with Crippen LogP contribution >= 0.6 is 0 Å². The van der Waals surface area contributed by atoms with E-state index in [1.54, 1.807) is 31.2 Å². The number of allylic oxidation sites excluding steroid dienone is 2. The summed E-state index contributed by atoms with van der Waals surface area (Å²) in [5, 5.41) is 0. The molecule has 1 atom stereocenters. The molecule has 0 saturated carbocycles. The number of benzene rings is 2. The number of aromatic nitrogens is 2. The van der Waals surface area contributed by atoms with Crippen LogP contribution in [0.4, 0.5) is 10.2 Å². The number of nitrogens with zero attached hydrogens (tertiary/aromatic N) is 3. The van der Waals surface area contributed by atoms with Gasteiger partial charge < -0.3 is 20.1 Å². The van der Waals surface area contributed by atoms with Gasteiger partial charge in [-0.2, -0.15) is 0 Å². The molecule has 2 aliphatic rings. The number of esters is 1. The summed E-state index contributed by atoms with van der Waals surface area (Å²) >= 11 is 0. The Labute approximate surface area is 213 Å². The fourth-order valence-corrected chi connectivity index (χ4v) is 4.48. The maximum Gasteiger partial charge on any atom is 0.329 e. The number of ether oxygens (including phenoxy) is 2. The summed E-state index contributed by atoms with van der Waals surface area (Å²) in [4.78, 5) is 35.9. The van der Waals surface area contributed by atoms with E-state index in [2.05, 4.69) is 11.1 Å². The van der Waals surface area contributed by atoms with Crippen LogP contribution in [0.15, 0.2) is 78.0 Å². The molecule has 1 aliphatic carbocycles. The van der Waals surface area contributed by atoms with Gasteiger partial charge in [0.05, 0.1) is 6.61 Å². The second-order valence-corrected chi connectivity index (χ2v) is 8.65. The van der Waals surface area contributed by atoms with Gasteiger partial charge in [0.25, 0.3) is 5.91 Å². The average molecular weight is 501 g/mol. The molecule has 9 heteroatoms. The Morgan fingerprint density at radius 2 is 1.78 bits per heavy atom. The van der Waals surface area contributed by atoms with E-state index in [9.17, 15) is 14.0 Å². The first-order valence-corrected chi connectivity index (χ1v) is 12.0. The van der Waals surface area contributed by atoms with Crippen molar-refractivity contribution >= 4 is 17.7 Å². The number of carbonyl (C=O) groups is 2. The monoisotopic (exact) mass is 500 g/mol. The van der Waals surface area contributed by atoms with Gasteiger partial charge >= 0.3 is 5.97 Å². The lowest BCUT2D eigenvalue weighted by Gasteiger charge is -2.27. The normalized spacial score (nSPS) is 16.5. The van der Waals surface area contributed by atoms with E-state index in [-0.39, 0.29) is 29.9 Å². The van der Waals surface area contributed by atoms with E-state index in [0.29, 0.717) is 29.3 Å². The number of carbonyl (C=O) groups excluding carboxylic acids is 2. The third-order valence-corrected chi connectivity index (χ3v) is 6.19. The first-order valence-electron chi connectivity index (χ1n) is 12.0.